The molecule has 3 rings (SSSR count). The Hall–Kier alpha value is -0.980. The molecule has 0 radical (unpaired) electrons. The number of hydrogen-bond acceptors (Lipinski definition) is 5. The minimum atomic E-state index is -0.0977. The third-order valence-electron chi connectivity index (χ3n) is 2.69. The SMILES string of the molecule is Cc1sc2nc3sc(CCl)nn3c(=O)c2c1C. The van der Waals surface area contributed by atoms with Gasteiger partial charge in [0, 0.05) is 4.88 Å². The maximum absolute atomic E-state index is 12.3. The maximum Gasteiger partial charge on any atom is 0.284 e. The van der Waals surface area contributed by atoms with Crippen LogP contribution >= 0.6 is 34.3 Å². The van der Waals surface area contributed by atoms with Crippen molar-refractivity contribution in [3.63, 3.8) is 0 Å². The Morgan fingerprint density at radius 3 is 2.82 bits per heavy atom. The van der Waals surface area contributed by atoms with E-state index in [1.54, 1.807) is 11.3 Å². The Kier molecular flexibility index (Phi) is 2.46. The van der Waals surface area contributed by atoms with Gasteiger partial charge in [0.15, 0.2) is 0 Å². The molecule has 0 bridgehead atoms. The van der Waals surface area contributed by atoms with E-state index in [4.69, 9.17) is 11.6 Å². The highest BCUT2D eigenvalue weighted by molar-refractivity contribution is 7.19. The van der Waals surface area contributed by atoms with Crippen LogP contribution in [0.15, 0.2) is 4.79 Å². The second-order valence-electron chi connectivity index (χ2n) is 3.70. The van der Waals surface area contributed by atoms with Crippen molar-refractivity contribution >= 4 is 49.5 Å². The molecule has 3 heterocycles. The van der Waals surface area contributed by atoms with Gasteiger partial charge in [-0.3, -0.25) is 4.79 Å². The van der Waals surface area contributed by atoms with E-state index in [0.29, 0.717) is 21.2 Å². The van der Waals surface area contributed by atoms with Gasteiger partial charge in [-0.2, -0.15) is 9.61 Å². The van der Waals surface area contributed by atoms with Crippen LogP contribution in [-0.4, -0.2) is 14.6 Å². The van der Waals surface area contributed by atoms with Crippen LogP contribution in [0.2, 0.25) is 0 Å². The first kappa shape index (κ1) is 11.1. The van der Waals surface area contributed by atoms with Crippen LogP contribution in [0.3, 0.4) is 0 Å². The second-order valence-corrected chi connectivity index (χ2v) is 6.22. The summed E-state index contributed by atoms with van der Waals surface area (Å²) < 4.78 is 1.35. The molecule has 0 fully saturated rings. The van der Waals surface area contributed by atoms with Gasteiger partial charge >= 0.3 is 0 Å². The molecule has 0 aromatic carbocycles. The molecule has 17 heavy (non-hydrogen) atoms. The van der Waals surface area contributed by atoms with E-state index >= 15 is 0 Å². The molecule has 0 N–H and O–H groups in total. The van der Waals surface area contributed by atoms with Crippen LogP contribution in [0, 0.1) is 13.8 Å². The summed E-state index contributed by atoms with van der Waals surface area (Å²) in [5, 5.41) is 5.55. The van der Waals surface area contributed by atoms with Gasteiger partial charge in [0.1, 0.15) is 9.84 Å². The van der Waals surface area contributed by atoms with Crippen LogP contribution in [-0.2, 0) is 5.88 Å². The van der Waals surface area contributed by atoms with Crippen molar-refractivity contribution in [2.24, 2.45) is 0 Å². The summed E-state index contributed by atoms with van der Waals surface area (Å²) in [5.74, 6) is 0.305. The van der Waals surface area contributed by atoms with Gasteiger partial charge in [0.05, 0.1) is 11.3 Å². The van der Waals surface area contributed by atoms with Gasteiger partial charge < -0.3 is 0 Å². The smallest absolute Gasteiger partial charge is 0.266 e. The van der Waals surface area contributed by atoms with E-state index in [9.17, 15) is 4.79 Å². The normalized spacial score (nSPS) is 11.7. The van der Waals surface area contributed by atoms with Crippen molar-refractivity contribution in [1.29, 1.82) is 0 Å². The Morgan fingerprint density at radius 2 is 2.12 bits per heavy atom. The van der Waals surface area contributed by atoms with Gasteiger partial charge in [0.25, 0.3) is 5.56 Å². The van der Waals surface area contributed by atoms with E-state index < -0.39 is 0 Å². The van der Waals surface area contributed by atoms with Crippen molar-refractivity contribution in [3.05, 3.63) is 25.8 Å². The van der Waals surface area contributed by atoms with Crippen molar-refractivity contribution in [1.82, 2.24) is 14.6 Å². The minimum Gasteiger partial charge on any atom is -0.266 e. The maximum atomic E-state index is 12.3. The zero-order chi connectivity index (χ0) is 12.2. The topological polar surface area (TPSA) is 47.3 Å². The van der Waals surface area contributed by atoms with E-state index in [0.717, 1.165) is 15.3 Å². The summed E-state index contributed by atoms with van der Waals surface area (Å²) in [6, 6.07) is 0. The van der Waals surface area contributed by atoms with E-state index in [-0.39, 0.29) is 5.56 Å². The van der Waals surface area contributed by atoms with E-state index in [1.807, 2.05) is 13.8 Å². The first-order valence-corrected chi connectivity index (χ1v) is 7.13. The van der Waals surface area contributed by atoms with Crippen molar-refractivity contribution in [2.45, 2.75) is 19.7 Å². The number of hydrogen-bond donors (Lipinski definition) is 0. The predicted molar refractivity (Wildman–Crippen MR) is 71.5 cm³/mol. The van der Waals surface area contributed by atoms with Crippen molar-refractivity contribution in [2.75, 3.05) is 0 Å². The average molecular weight is 286 g/mol. The number of aromatic nitrogens is 3. The van der Waals surface area contributed by atoms with Gasteiger partial charge in [-0.15, -0.1) is 22.9 Å². The number of rotatable bonds is 1. The molecule has 4 nitrogen and oxygen atoms in total. The molecule has 0 saturated carbocycles. The van der Waals surface area contributed by atoms with Gasteiger partial charge in [-0.25, -0.2) is 4.98 Å². The van der Waals surface area contributed by atoms with Gasteiger partial charge in [-0.05, 0) is 19.4 Å². The van der Waals surface area contributed by atoms with Gasteiger partial charge in [-0.1, -0.05) is 11.3 Å². The molecule has 88 valence electrons. The number of fused-ring (bicyclic) bond motifs is 2. The predicted octanol–water partition coefficient (Wildman–Crippen LogP) is 2.72. The van der Waals surface area contributed by atoms with Crippen LogP contribution in [0.1, 0.15) is 15.4 Å². The minimum absolute atomic E-state index is 0.0977. The third-order valence-corrected chi connectivity index (χ3v) is 5.11. The van der Waals surface area contributed by atoms with Crippen LogP contribution in [0.4, 0.5) is 0 Å². The Balaban J connectivity index is 2.54. The van der Waals surface area contributed by atoms with Crippen molar-refractivity contribution in [3.8, 4) is 0 Å². The molecule has 7 heteroatoms. The lowest BCUT2D eigenvalue weighted by Crippen LogP contribution is -2.15. The zero-order valence-electron chi connectivity index (χ0n) is 9.15. The lowest BCUT2D eigenvalue weighted by molar-refractivity contribution is 0.891. The number of halogens is 1. The number of aryl methyl sites for hydroxylation is 2. The molecular weight excluding hydrogens is 278 g/mol. The molecular formula is C10H8ClN3OS2. The largest absolute Gasteiger partial charge is 0.284 e. The summed E-state index contributed by atoms with van der Waals surface area (Å²) in [7, 11) is 0. The zero-order valence-corrected chi connectivity index (χ0v) is 11.5. The fourth-order valence-electron chi connectivity index (χ4n) is 1.71. The van der Waals surface area contributed by atoms with Gasteiger partial charge in [0.2, 0.25) is 4.96 Å². The van der Waals surface area contributed by atoms with E-state index in [1.165, 1.54) is 15.9 Å². The first-order valence-electron chi connectivity index (χ1n) is 4.96. The van der Waals surface area contributed by atoms with E-state index in [2.05, 4.69) is 10.1 Å². The summed E-state index contributed by atoms with van der Waals surface area (Å²) in [6.07, 6.45) is 0. The standard InChI is InChI=1S/C10H8ClN3OS2/c1-4-5(2)16-8-7(4)9(15)14-10(12-8)17-6(3-11)13-14/h3H2,1-2H3. The summed E-state index contributed by atoms with van der Waals surface area (Å²) in [6.45, 7) is 3.94. The average Bonchev–Trinajstić information content (AvgIpc) is 2.82. The lowest BCUT2D eigenvalue weighted by Gasteiger charge is -1.92. The van der Waals surface area contributed by atoms with Crippen LogP contribution in [0.25, 0.3) is 15.2 Å². The summed E-state index contributed by atoms with van der Waals surface area (Å²) >= 11 is 8.62. The quantitative estimate of drug-likeness (QED) is 0.646. The Labute approximate surface area is 109 Å². The second kappa shape index (κ2) is 3.76. The Morgan fingerprint density at radius 1 is 1.35 bits per heavy atom. The third kappa shape index (κ3) is 1.51. The molecule has 0 aliphatic rings. The Bertz CT molecular complexity index is 786. The molecule has 0 aliphatic carbocycles. The fraction of sp³-hybridized carbons (Fsp3) is 0.300. The molecule has 3 aromatic rings. The summed E-state index contributed by atoms with van der Waals surface area (Å²) in [5.41, 5.74) is 0.900. The molecule has 0 aliphatic heterocycles. The molecule has 0 spiro atoms. The molecule has 0 amide bonds. The lowest BCUT2D eigenvalue weighted by atomic mass is 10.2. The summed E-state index contributed by atoms with van der Waals surface area (Å²) in [4.78, 5) is 19.3. The highest BCUT2D eigenvalue weighted by atomic mass is 35.5. The van der Waals surface area contributed by atoms with Crippen LogP contribution in [0.5, 0.6) is 0 Å². The molecule has 3 aromatic heterocycles. The monoisotopic (exact) mass is 285 g/mol. The van der Waals surface area contributed by atoms with Crippen LogP contribution < -0.4 is 5.56 Å². The highest BCUT2D eigenvalue weighted by Gasteiger charge is 2.15. The molecule has 0 saturated heterocycles. The highest BCUT2D eigenvalue weighted by Crippen LogP contribution is 2.27. The fourth-order valence-corrected chi connectivity index (χ4v) is 3.74. The molecule has 0 atom stereocenters. The number of nitrogens with zero attached hydrogens (tertiary/aromatic N) is 3. The van der Waals surface area contributed by atoms with Crippen molar-refractivity contribution < 1.29 is 0 Å². The number of alkyl halides is 1. The first-order chi connectivity index (χ1) is 8.11. The number of thiophene rings is 1. The molecule has 0 unspecified atom stereocenters.